The predicted octanol–water partition coefficient (Wildman–Crippen LogP) is 5.69. The number of anilines is 1. The number of methoxy groups -OCH3 is 1. The van der Waals surface area contributed by atoms with E-state index in [9.17, 15) is 5.11 Å². The van der Waals surface area contributed by atoms with Gasteiger partial charge in [-0.15, -0.1) is 0 Å². The van der Waals surface area contributed by atoms with E-state index in [2.05, 4.69) is 60.8 Å². The molecule has 5 rings (SSSR count). The third kappa shape index (κ3) is 2.34. The molecular weight excluding hydrogens is 334 g/mol. The Kier molecular flexibility index (Phi) is 3.64. The topological polar surface area (TPSA) is 41.5 Å². The number of fused-ring (bicyclic) bond motifs is 4. The fourth-order valence-electron chi connectivity index (χ4n) is 4.94. The van der Waals surface area contributed by atoms with Gasteiger partial charge in [-0.3, -0.25) is 0 Å². The zero-order valence-electron chi connectivity index (χ0n) is 15.6. The van der Waals surface area contributed by atoms with Gasteiger partial charge < -0.3 is 15.2 Å². The number of benzene rings is 3. The highest BCUT2D eigenvalue weighted by atomic mass is 16.5. The third-order valence-electron chi connectivity index (χ3n) is 6.18. The minimum absolute atomic E-state index is 0.0752. The van der Waals surface area contributed by atoms with Gasteiger partial charge in [0.05, 0.1) is 18.8 Å². The molecule has 1 heterocycles. The first-order valence-corrected chi connectivity index (χ1v) is 9.50. The second-order valence-corrected chi connectivity index (χ2v) is 7.57. The first kappa shape index (κ1) is 16.2. The van der Waals surface area contributed by atoms with Crippen LogP contribution in [0.15, 0.2) is 60.7 Å². The Morgan fingerprint density at radius 1 is 1.04 bits per heavy atom. The van der Waals surface area contributed by atoms with Crippen LogP contribution in [-0.4, -0.2) is 12.2 Å². The van der Waals surface area contributed by atoms with Crippen LogP contribution in [0.2, 0.25) is 0 Å². The molecule has 0 saturated heterocycles. The maximum absolute atomic E-state index is 10.6. The van der Waals surface area contributed by atoms with Crippen LogP contribution < -0.4 is 10.1 Å². The Morgan fingerprint density at radius 2 is 1.89 bits per heavy atom. The molecule has 27 heavy (non-hydrogen) atoms. The summed E-state index contributed by atoms with van der Waals surface area (Å²) in [5.41, 5.74) is 4.49. The summed E-state index contributed by atoms with van der Waals surface area (Å²) in [4.78, 5) is 0. The van der Waals surface area contributed by atoms with Gasteiger partial charge in [0.2, 0.25) is 0 Å². The van der Waals surface area contributed by atoms with Crippen molar-refractivity contribution in [2.45, 2.75) is 25.3 Å². The maximum Gasteiger partial charge on any atom is 0.139 e. The second kappa shape index (κ2) is 6.05. The number of phenolic OH excluding ortho intramolecular Hbond substituents is 1. The molecule has 0 radical (unpaired) electrons. The Morgan fingerprint density at radius 3 is 2.74 bits per heavy atom. The van der Waals surface area contributed by atoms with Crippen LogP contribution in [0.1, 0.15) is 35.1 Å². The first-order valence-electron chi connectivity index (χ1n) is 9.50. The average molecular weight is 357 g/mol. The minimum atomic E-state index is 0.0752. The van der Waals surface area contributed by atoms with Crippen molar-refractivity contribution in [1.29, 1.82) is 0 Å². The highest BCUT2D eigenvalue weighted by Crippen LogP contribution is 2.55. The summed E-state index contributed by atoms with van der Waals surface area (Å²) >= 11 is 0. The van der Waals surface area contributed by atoms with E-state index in [1.54, 1.807) is 13.2 Å². The Bertz CT molecular complexity index is 1070. The van der Waals surface area contributed by atoms with Crippen molar-refractivity contribution >= 4 is 16.5 Å². The van der Waals surface area contributed by atoms with Crippen molar-refractivity contribution in [2.24, 2.45) is 5.92 Å². The molecule has 1 aliphatic carbocycles. The number of aryl methyl sites for hydroxylation is 1. The quantitative estimate of drug-likeness (QED) is 0.457. The number of nitrogens with one attached hydrogen (secondary N) is 1. The number of ether oxygens (including phenoxy) is 1. The van der Waals surface area contributed by atoms with Crippen LogP contribution in [0.5, 0.6) is 11.5 Å². The molecular formula is C24H23NO2. The highest BCUT2D eigenvalue weighted by molar-refractivity contribution is 5.89. The molecule has 0 amide bonds. The van der Waals surface area contributed by atoms with Crippen LogP contribution in [0.3, 0.4) is 0 Å². The zero-order chi connectivity index (χ0) is 18.5. The summed E-state index contributed by atoms with van der Waals surface area (Å²) in [7, 11) is 1.73. The molecule has 136 valence electrons. The lowest BCUT2D eigenvalue weighted by molar-refractivity contribution is 0.380. The molecule has 3 nitrogen and oxygen atoms in total. The van der Waals surface area contributed by atoms with E-state index in [0.717, 1.165) is 17.9 Å². The normalized spacial score (nSPS) is 23.0. The molecule has 0 aromatic heterocycles. The Balaban J connectivity index is 1.75. The molecule has 0 saturated carbocycles. The molecule has 0 spiro atoms. The standard InChI is InChI=1S/C24H23NO2/c1-14-10-12-19(26)24-21(14)17-8-5-9-18(17)23(25-24)22-16-7-4-3-6-15(16)11-13-20(22)27-2/h3-8,10-13,17-18,23,25-26H,9H2,1-2H3. The number of allylic oxidation sites excluding steroid dienone is 2. The molecule has 0 fully saturated rings. The molecule has 3 unspecified atom stereocenters. The van der Waals surface area contributed by atoms with Gasteiger partial charge in [-0.05, 0) is 53.3 Å². The molecule has 0 bridgehead atoms. The fraction of sp³-hybridized carbons (Fsp3) is 0.250. The Labute approximate surface area is 159 Å². The molecule has 3 aromatic carbocycles. The lowest BCUT2D eigenvalue weighted by Gasteiger charge is -2.39. The number of phenols is 1. The van der Waals surface area contributed by atoms with Crippen molar-refractivity contribution in [3.8, 4) is 11.5 Å². The van der Waals surface area contributed by atoms with E-state index < -0.39 is 0 Å². The number of rotatable bonds is 2. The van der Waals surface area contributed by atoms with Crippen molar-refractivity contribution < 1.29 is 9.84 Å². The highest BCUT2D eigenvalue weighted by Gasteiger charge is 2.41. The van der Waals surface area contributed by atoms with Gasteiger partial charge in [-0.1, -0.05) is 48.6 Å². The van der Waals surface area contributed by atoms with Crippen LogP contribution >= 0.6 is 0 Å². The monoisotopic (exact) mass is 357 g/mol. The number of hydrogen-bond acceptors (Lipinski definition) is 3. The SMILES string of the molecule is COc1ccc2ccccc2c1C1Nc2c(O)ccc(C)c2C2C=CCC21. The predicted molar refractivity (Wildman–Crippen MR) is 110 cm³/mol. The summed E-state index contributed by atoms with van der Waals surface area (Å²) in [6.45, 7) is 2.13. The van der Waals surface area contributed by atoms with Crippen molar-refractivity contribution in [3.63, 3.8) is 0 Å². The lowest BCUT2D eigenvalue weighted by Crippen LogP contribution is -2.30. The molecule has 3 heteroatoms. The summed E-state index contributed by atoms with van der Waals surface area (Å²) in [5, 5.41) is 16.7. The summed E-state index contributed by atoms with van der Waals surface area (Å²) in [6.07, 6.45) is 5.60. The van der Waals surface area contributed by atoms with E-state index >= 15 is 0 Å². The van der Waals surface area contributed by atoms with Crippen molar-refractivity contribution in [1.82, 2.24) is 0 Å². The van der Waals surface area contributed by atoms with Gasteiger partial charge in [0, 0.05) is 11.5 Å². The largest absolute Gasteiger partial charge is 0.506 e. The van der Waals surface area contributed by atoms with Crippen molar-refractivity contribution in [2.75, 3.05) is 12.4 Å². The molecule has 3 aromatic rings. The molecule has 3 atom stereocenters. The van der Waals surface area contributed by atoms with E-state index in [1.807, 2.05) is 6.07 Å². The van der Waals surface area contributed by atoms with Gasteiger partial charge in [0.25, 0.3) is 0 Å². The summed E-state index contributed by atoms with van der Waals surface area (Å²) in [5.74, 6) is 1.92. The van der Waals surface area contributed by atoms with Crippen LogP contribution in [0.25, 0.3) is 10.8 Å². The summed E-state index contributed by atoms with van der Waals surface area (Å²) < 4.78 is 5.77. The van der Waals surface area contributed by atoms with E-state index in [-0.39, 0.29) is 6.04 Å². The summed E-state index contributed by atoms with van der Waals surface area (Å²) in [6, 6.07) is 16.5. The first-order chi connectivity index (χ1) is 13.2. The lowest BCUT2D eigenvalue weighted by atomic mass is 9.74. The smallest absolute Gasteiger partial charge is 0.139 e. The Hall–Kier alpha value is -2.94. The van der Waals surface area contributed by atoms with Gasteiger partial charge in [-0.2, -0.15) is 0 Å². The molecule has 2 aliphatic rings. The average Bonchev–Trinajstić information content (AvgIpc) is 3.19. The van der Waals surface area contributed by atoms with Crippen LogP contribution in [0.4, 0.5) is 5.69 Å². The van der Waals surface area contributed by atoms with E-state index in [0.29, 0.717) is 17.6 Å². The number of hydrogen-bond donors (Lipinski definition) is 2. The number of aromatic hydroxyl groups is 1. The van der Waals surface area contributed by atoms with Crippen LogP contribution in [-0.2, 0) is 0 Å². The van der Waals surface area contributed by atoms with Crippen LogP contribution in [0, 0.1) is 12.8 Å². The van der Waals surface area contributed by atoms with E-state index in [4.69, 9.17) is 4.74 Å². The van der Waals surface area contributed by atoms with Gasteiger partial charge in [0.1, 0.15) is 11.5 Å². The second-order valence-electron chi connectivity index (χ2n) is 7.57. The van der Waals surface area contributed by atoms with Gasteiger partial charge in [0.15, 0.2) is 0 Å². The molecule has 1 aliphatic heterocycles. The minimum Gasteiger partial charge on any atom is -0.506 e. The maximum atomic E-state index is 10.6. The zero-order valence-corrected chi connectivity index (χ0v) is 15.6. The van der Waals surface area contributed by atoms with Gasteiger partial charge >= 0.3 is 0 Å². The van der Waals surface area contributed by atoms with E-state index in [1.165, 1.54) is 27.5 Å². The van der Waals surface area contributed by atoms with Crippen molar-refractivity contribution in [3.05, 3.63) is 77.4 Å². The van der Waals surface area contributed by atoms with Gasteiger partial charge in [-0.25, -0.2) is 0 Å². The fourth-order valence-corrected chi connectivity index (χ4v) is 4.94. The molecule has 2 N–H and O–H groups in total. The third-order valence-corrected chi connectivity index (χ3v) is 6.18.